The predicted molar refractivity (Wildman–Crippen MR) is 81.4 cm³/mol. The smallest absolute Gasteiger partial charge is 0.140 e. The first kappa shape index (κ1) is 15.4. The van der Waals surface area contributed by atoms with Gasteiger partial charge in [0.15, 0.2) is 0 Å². The standard InChI is InChI=1S/C15H29N5/c1-4-20-15(17-12-18-20)11-19-7-5-14(6-8-19)10-16-9-13(2)3/h12-14,16H,4-11H2,1-3H3. The van der Waals surface area contributed by atoms with Crippen LogP contribution in [0.3, 0.4) is 0 Å². The molecule has 0 amide bonds. The fourth-order valence-electron chi connectivity index (χ4n) is 2.80. The van der Waals surface area contributed by atoms with E-state index in [0.29, 0.717) is 0 Å². The molecule has 1 aromatic rings. The molecule has 0 saturated carbocycles. The third-order valence-corrected chi connectivity index (χ3v) is 4.05. The molecule has 0 aliphatic carbocycles. The first-order valence-electron chi connectivity index (χ1n) is 7.98. The molecule has 0 bridgehead atoms. The molecule has 0 atom stereocenters. The van der Waals surface area contributed by atoms with Gasteiger partial charge in [0.05, 0.1) is 6.54 Å². The zero-order valence-electron chi connectivity index (χ0n) is 13.2. The highest BCUT2D eigenvalue weighted by atomic mass is 15.3. The second-order valence-corrected chi connectivity index (χ2v) is 6.26. The fourth-order valence-corrected chi connectivity index (χ4v) is 2.80. The van der Waals surface area contributed by atoms with E-state index >= 15 is 0 Å². The van der Waals surface area contributed by atoms with E-state index in [0.717, 1.165) is 37.3 Å². The van der Waals surface area contributed by atoms with Crippen molar-refractivity contribution in [2.75, 3.05) is 26.2 Å². The second-order valence-electron chi connectivity index (χ2n) is 6.26. The molecule has 2 rings (SSSR count). The van der Waals surface area contributed by atoms with Gasteiger partial charge in [0.2, 0.25) is 0 Å². The van der Waals surface area contributed by atoms with Crippen molar-refractivity contribution in [1.29, 1.82) is 0 Å². The van der Waals surface area contributed by atoms with Crippen LogP contribution in [-0.4, -0.2) is 45.8 Å². The number of hydrogen-bond donors (Lipinski definition) is 1. The Morgan fingerprint density at radius 2 is 2.10 bits per heavy atom. The summed E-state index contributed by atoms with van der Waals surface area (Å²) in [5.41, 5.74) is 0. The molecular weight excluding hydrogens is 250 g/mol. The maximum absolute atomic E-state index is 4.37. The molecule has 1 aromatic heterocycles. The van der Waals surface area contributed by atoms with Gasteiger partial charge in [-0.15, -0.1) is 0 Å². The van der Waals surface area contributed by atoms with E-state index in [4.69, 9.17) is 0 Å². The van der Waals surface area contributed by atoms with Crippen LogP contribution in [0, 0.1) is 11.8 Å². The Morgan fingerprint density at radius 3 is 2.75 bits per heavy atom. The molecule has 0 aromatic carbocycles. The molecule has 20 heavy (non-hydrogen) atoms. The van der Waals surface area contributed by atoms with E-state index in [9.17, 15) is 0 Å². The summed E-state index contributed by atoms with van der Waals surface area (Å²) in [5.74, 6) is 2.69. The average Bonchev–Trinajstić information content (AvgIpc) is 2.87. The number of piperidine rings is 1. The van der Waals surface area contributed by atoms with Crippen LogP contribution in [0.1, 0.15) is 39.4 Å². The molecule has 0 radical (unpaired) electrons. The molecule has 1 N–H and O–H groups in total. The Labute approximate surface area is 122 Å². The van der Waals surface area contributed by atoms with Gasteiger partial charge in [-0.2, -0.15) is 5.10 Å². The van der Waals surface area contributed by atoms with Crippen LogP contribution in [0.4, 0.5) is 0 Å². The average molecular weight is 279 g/mol. The lowest BCUT2D eigenvalue weighted by atomic mass is 9.96. The van der Waals surface area contributed by atoms with Gasteiger partial charge >= 0.3 is 0 Å². The van der Waals surface area contributed by atoms with Crippen LogP contribution in [0.25, 0.3) is 0 Å². The van der Waals surface area contributed by atoms with Crippen molar-refractivity contribution >= 4 is 0 Å². The van der Waals surface area contributed by atoms with Crippen LogP contribution in [0.5, 0.6) is 0 Å². The monoisotopic (exact) mass is 279 g/mol. The molecule has 5 nitrogen and oxygen atoms in total. The quantitative estimate of drug-likeness (QED) is 0.826. The lowest BCUT2D eigenvalue weighted by Gasteiger charge is -2.31. The topological polar surface area (TPSA) is 46.0 Å². The highest BCUT2D eigenvalue weighted by Crippen LogP contribution is 2.17. The fraction of sp³-hybridized carbons (Fsp3) is 0.867. The number of aryl methyl sites for hydroxylation is 1. The summed E-state index contributed by atoms with van der Waals surface area (Å²) < 4.78 is 2.00. The normalized spacial score (nSPS) is 18.0. The van der Waals surface area contributed by atoms with Crippen molar-refractivity contribution in [2.24, 2.45) is 11.8 Å². The highest BCUT2D eigenvalue weighted by molar-refractivity contribution is 4.86. The SMILES string of the molecule is CCn1ncnc1CN1CCC(CNCC(C)C)CC1. The molecule has 2 heterocycles. The molecule has 1 aliphatic rings. The lowest BCUT2D eigenvalue weighted by molar-refractivity contribution is 0.169. The molecule has 1 fully saturated rings. The number of hydrogen-bond acceptors (Lipinski definition) is 4. The Balaban J connectivity index is 1.69. The van der Waals surface area contributed by atoms with Crippen LogP contribution in [-0.2, 0) is 13.1 Å². The molecule has 5 heteroatoms. The minimum absolute atomic E-state index is 0.746. The predicted octanol–water partition coefficient (Wildman–Crippen LogP) is 1.76. The maximum atomic E-state index is 4.37. The number of nitrogens with one attached hydrogen (secondary N) is 1. The largest absolute Gasteiger partial charge is 0.316 e. The molecule has 1 aliphatic heterocycles. The van der Waals surface area contributed by atoms with Gasteiger partial charge in [0, 0.05) is 6.54 Å². The number of likely N-dealkylation sites (tertiary alicyclic amines) is 1. The third kappa shape index (κ3) is 4.56. The molecule has 0 unspecified atom stereocenters. The van der Waals surface area contributed by atoms with Crippen LogP contribution < -0.4 is 5.32 Å². The Bertz CT molecular complexity index is 379. The number of nitrogens with zero attached hydrogens (tertiary/aromatic N) is 4. The number of aromatic nitrogens is 3. The van der Waals surface area contributed by atoms with Gasteiger partial charge in [-0.05, 0) is 57.8 Å². The second kappa shape index (κ2) is 7.74. The summed E-state index contributed by atoms with van der Waals surface area (Å²) in [7, 11) is 0. The van der Waals surface area contributed by atoms with Crippen LogP contribution >= 0.6 is 0 Å². The first-order chi connectivity index (χ1) is 9.69. The summed E-state index contributed by atoms with van der Waals surface area (Å²) in [6, 6.07) is 0. The first-order valence-corrected chi connectivity index (χ1v) is 7.98. The lowest BCUT2D eigenvalue weighted by Crippen LogP contribution is -2.38. The van der Waals surface area contributed by atoms with Crippen molar-refractivity contribution in [2.45, 2.75) is 46.7 Å². The van der Waals surface area contributed by atoms with Gasteiger partial charge in [0.1, 0.15) is 12.2 Å². The van der Waals surface area contributed by atoms with Crippen molar-refractivity contribution in [3.05, 3.63) is 12.2 Å². The van der Waals surface area contributed by atoms with Crippen molar-refractivity contribution in [1.82, 2.24) is 25.0 Å². The molecule has 0 spiro atoms. The zero-order valence-corrected chi connectivity index (χ0v) is 13.2. The van der Waals surface area contributed by atoms with Crippen LogP contribution in [0.2, 0.25) is 0 Å². The van der Waals surface area contributed by atoms with E-state index in [2.05, 4.69) is 41.1 Å². The molecule has 1 saturated heterocycles. The van der Waals surface area contributed by atoms with Gasteiger partial charge in [0.25, 0.3) is 0 Å². The van der Waals surface area contributed by atoms with Crippen molar-refractivity contribution < 1.29 is 0 Å². The van der Waals surface area contributed by atoms with E-state index in [1.807, 2.05) is 4.68 Å². The van der Waals surface area contributed by atoms with E-state index in [-0.39, 0.29) is 0 Å². The summed E-state index contributed by atoms with van der Waals surface area (Å²) in [6.45, 7) is 13.2. The minimum Gasteiger partial charge on any atom is -0.316 e. The Morgan fingerprint density at radius 1 is 1.35 bits per heavy atom. The third-order valence-electron chi connectivity index (χ3n) is 4.05. The van der Waals surface area contributed by atoms with Gasteiger partial charge in [-0.3, -0.25) is 4.90 Å². The molecule has 114 valence electrons. The summed E-state index contributed by atoms with van der Waals surface area (Å²) in [4.78, 5) is 6.88. The Kier molecular flexibility index (Phi) is 5.98. The van der Waals surface area contributed by atoms with E-state index in [1.165, 1.54) is 32.5 Å². The van der Waals surface area contributed by atoms with E-state index < -0.39 is 0 Å². The van der Waals surface area contributed by atoms with Crippen molar-refractivity contribution in [3.63, 3.8) is 0 Å². The maximum Gasteiger partial charge on any atom is 0.140 e. The minimum atomic E-state index is 0.746. The van der Waals surface area contributed by atoms with Gasteiger partial charge < -0.3 is 5.32 Å². The summed E-state index contributed by atoms with van der Waals surface area (Å²) in [5, 5.41) is 7.83. The van der Waals surface area contributed by atoms with Gasteiger partial charge in [-0.1, -0.05) is 13.8 Å². The highest BCUT2D eigenvalue weighted by Gasteiger charge is 2.20. The zero-order chi connectivity index (χ0) is 14.4. The summed E-state index contributed by atoms with van der Waals surface area (Å²) >= 11 is 0. The molecular formula is C15H29N5. The Hall–Kier alpha value is -0.940. The van der Waals surface area contributed by atoms with E-state index in [1.54, 1.807) is 6.33 Å². The summed E-state index contributed by atoms with van der Waals surface area (Å²) in [6.07, 6.45) is 4.26. The van der Waals surface area contributed by atoms with Gasteiger partial charge in [-0.25, -0.2) is 9.67 Å². The van der Waals surface area contributed by atoms with Crippen LogP contribution in [0.15, 0.2) is 6.33 Å². The number of rotatable bonds is 7. The van der Waals surface area contributed by atoms with Crippen molar-refractivity contribution in [3.8, 4) is 0 Å².